The van der Waals surface area contributed by atoms with Gasteiger partial charge in [-0.2, -0.15) is 0 Å². The molecule has 2 N–H and O–H groups in total. The van der Waals surface area contributed by atoms with Crippen LogP contribution in [0.3, 0.4) is 0 Å². The van der Waals surface area contributed by atoms with Gasteiger partial charge in [0.05, 0.1) is 16.5 Å². The summed E-state index contributed by atoms with van der Waals surface area (Å²) in [5, 5.41) is 9.81. The van der Waals surface area contributed by atoms with E-state index >= 15 is 0 Å². The molecule has 0 aliphatic carbocycles. The van der Waals surface area contributed by atoms with Gasteiger partial charge in [-0.1, -0.05) is 17.7 Å². The van der Waals surface area contributed by atoms with Gasteiger partial charge in [0.1, 0.15) is 5.82 Å². The third kappa shape index (κ3) is 3.29. The molecule has 6 nitrogen and oxygen atoms in total. The number of halogens is 2. The summed E-state index contributed by atoms with van der Waals surface area (Å²) in [6.07, 6.45) is 0. The summed E-state index contributed by atoms with van der Waals surface area (Å²) < 4.78 is 13.9. The first-order valence-corrected chi connectivity index (χ1v) is 7.38. The van der Waals surface area contributed by atoms with E-state index < -0.39 is 11.7 Å². The van der Waals surface area contributed by atoms with Crippen LogP contribution in [-0.2, 0) is 9.59 Å². The van der Waals surface area contributed by atoms with E-state index in [0.717, 1.165) is 0 Å². The lowest BCUT2D eigenvalue weighted by Gasteiger charge is -2.19. The Hall–Kier alpha value is -2.15. The molecule has 23 heavy (non-hydrogen) atoms. The fourth-order valence-corrected chi connectivity index (χ4v) is 3.15. The maximum atomic E-state index is 13.9. The Morgan fingerprint density at radius 3 is 2.74 bits per heavy atom. The second-order valence-corrected chi connectivity index (χ2v) is 5.86. The third-order valence-electron chi connectivity index (χ3n) is 4.10. The number of hydrogen-bond donors (Lipinski definition) is 2. The van der Waals surface area contributed by atoms with E-state index in [0.29, 0.717) is 25.2 Å². The molecule has 0 bridgehead atoms. The molecule has 1 aromatic rings. The quantitative estimate of drug-likeness (QED) is 0.753. The number of nitrogens with one attached hydrogen (secondary N) is 1. The van der Waals surface area contributed by atoms with E-state index in [1.165, 1.54) is 11.0 Å². The number of carbonyl (C=O) groups is 3. The van der Waals surface area contributed by atoms with Crippen LogP contribution in [-0.4, -0.2) is 47.9 Å². The maximum Gasteiger partial charge on any atom is 0.290 e. The standard InChI is InChI=1S/C14H14ClFN2O2.CH2O2/c1-7-2-3-10(16)11(12(7)15)14(20)18-5-8-4-17-13(19)9(8)6-18;2-1-3/h2-3,8-9H,4-6H2,1H3,(H,17,19);1H,(H,2,3)/t8-,9+;/m0./s1. The molecule has 2 atom stereocenters. The Balaban J connectivity index is 0.000000595. The Labute approximate surface area is 137 Å². The number of carbonyl (C=O) groups excluding carboxylic acids is 2. The summed E-state index contributed by atoms with van der Waals surface area (Å²) in [5.74, 6) is -1.13. The molecule has 2 aliphatic rings. The maximum absolute atomic E-state index is 13.9. The third-order valence-corrected chi connectivity index (χ3v) is 4.59. The van der Waals surface area contributed by atoms with Crippen molar-refractivity contribution in [3.05, 3.63) is 34.1 Å². The molecule has 2 aliphatic heterocycles. The second kappa shape index (κ2) is 6.95. The van der Waals surface area contributed by atoms with E-state index in [1.807, 2.05) is 0 Å². The molecular weight excluding hydrogens is 327 g/mol. The average molecular weight is 343 g/mol. The average Bonchev–Trinajstić information content (AvgIpc) is 3.07. The Morgan fingerprint density at radius 1 is 1.48 bits per heavy atom. The van der Waals surface area contributed by atoms with Gasteiger partial charge in [0.2, 0.25) is 5.91 Å². The SMILES string of the molecule is Cc1ccc(F)c(C(=O)N2C[C@@H]3CNC(=O)[C@@H]3C2)c1Cl.O=CO. The van der Waals surface area contributed by atoms with Gasteiger partial charge in [-0.3, -0.25) is 14.4 Å². The number of likely N-dealkylation sites (tertiary alicyclic amines) is 1. The molecule has 0 aromatic heterocycles. The summed E-state index contributed by atoms with van der Waals surface area (Å²) in [6.45, 7) is 2.85. The number of benzene rings is 1. The first-order chi connectivity index (χ1) is 10.9. The van der Waals surface area contributed by atoms with Crippen molar-refractivity contribution in [2.75, 3.05) is 19.6 Å². The van der Waals surface area contributed by atoms with Crippen molar-refractivity contribution in [3.8, 4) is 0 Å². The molecule has 3 rings (SSSR count). The van der Waals surface area contributed by atoms with Crippen molar-refractivity contribution in [1.29, 1.82) is 0 Å². The van der Waals surface area contributed by atoms with Crippen molar-refractivity contribution in [2.24, 2.45) is 11.8 Å². The smallest absolute Gasteiger partial charge is 0.290 e. The summed E-state index contributed by atoms with van der Waals surface area (Å²) >= 11 is 6.05. The molecule has 0 spiro atoms. The minimum absolute atomic E-state index is 0.0267. The predicted molar refractivity (Wildman–Crippen MR) is 80.7 cm³/mol. The molecular formula is C15H16ClFN2O4. The highest BCUT2D eigenvalue weighted by Crippen LogP contribution is 2.31. The number of rotatable bonds is 1. The van der Waals surface area contributed by atoms with Crippen molar-refractivity contribution < 1.29 is 23.9 Å². The molecule has 2 amide bonds. The van der Waals surface area contributed by atoms with Crippen LogP contribution in [0.25, 0.3) is 0 Å². The van der Waals surface area contributed by atoms with Crippen molar-refractivity contribution in [3.63, 3.8) is 0 Å². The van der Waals surface area contributed by atoms with Gasteiger partial charge in [0.25, 0.3) is 12.4 Å². The van der Waals surface area contributed by atoms with Crippen LogP contribution in [0.2, 0.25) is 5.02 Å². The van der Waals surface area contributed by atoms with E-state index in [4.69, 9.17) is 21.5 Å². The number of nitrogens with zero attached hydrogens (tertiary/aromatic N) is 1. The zero-order valence-electron chi connectivity index (χ0n) is 12.4. The molecule has 0 unspecified atom stereocenters. The fourth-order valence-electron chi connectivity index (χ4n) is 2.91. The van der Waals surface area contributed by atoms with E-state index in [9.17, 15) is 14.0 Å². The minimum atomic E-state index is -0.618. The summed E-state index contributed by atoms with van der Waals surface area (Å²) in [5.41, 5.74) is 0.570. The van der Waals surface area contributed by atoms with E-state index in [2.05, 4.69) is 5.32 Å². The zero-order valence-corrected chi connectivity index (χ0v) is 13.1. The van der Waals surface area contributed by atoms with Gasteiger partial charge in [-0.25, -0.2) is 4.39 Å². The molecule has 124 valence electrons. The highest BCUT2D eigenvalue weighted by molar-refractivity contribution is 6.34. The van der Waals surface area contributed by atoms with Crippen LogP contribution >= 0.6 is 11.6 Å². The molecule has 0 radical (unpaired) electrons. The Morgan fingerprint density at radius 2 is 2.13 bits per heavy atom. The Kier molecular flexibility index (Phi) is 5.20. The van der Waals surface area contributed by atoms with Crippen LogP contribution in [0.15, 0.2) is 12.1 Å². The Bertz CT molecular complexity index is 653. The normalized spacial score (nSPS) is 22.0. The summed E-state index contributed by atoms with van der Waals surface area (Å²) in [4.78, 5) is 33.9. The monoisotopic (exact) mass is 342 g/mol. The number of carboxylic acid groups (broad SMARTS) is 1. The van der Waals surface area contributed by atoms with Crippen molar-refractivity contribution in [1.82, 2.24) is 10.2 Å². The van der Waals surface area contributed by atoms with Crippen molar-refractivity contribution >= 4 is 29.9 Å². The molecule has 0 saturated carbocycles. The first-order valence-electron chi connectivity index (χ1n) is 7.00. The minimum Gasteiger partial charge on any atom is -0.483 e. The van der Waals surface area contributed by atoms with Gasteiger partial charge in [0, 0.05) is 25.6 Å². The lowest BCUT2D eigenvalue weighted by Crippen LogP contribution is -2.34. The predicted octanol–water partition coefficient (Wildman–Crippen LogP) is 1.31. The lowest BCUT2D eigenvalue weighted by atomic mass is 10.0. The van der Waals surface area contributed by atoms with Gasteiger partial charge >= 0.3 is 0 Å². The van der Waals surface area contributed by atoms with Crippen LogP contribution < -0.4 is 5.32 Å². The van der Waals surface area contributed by atoms with Gasteiger partial charge in [-0.05, 0) is 18.6 Å². The van der Waals surface area contributed by atoms with E-state index in [-0.39, 0.29) is 34.8 Å². The van der Waals surface area contributed by atoms with Crippen molar-refractivity contribution in [2.45, 2.75) is 6.92 Å². The topological polar surface area (TPSA) is 86.7 Å². The molecule has 2 fully saturated rings. The van der Waals surface area contributed by atoms with E-state index in [1.54, 1.807) is 13.0 Å². The van der Waals surface area contributed by atoms with Crippen LogP contribution in [0.4, 0.5) is 4.39 Å². The number of hydrogen-bond acceptors (Lipinski definition) is 3. The molecule has 2 saturated heterocycles. The lowest BCUT2D eigenvalue weighted by molar-refractivity contribution is -0.123. The van der Waals surface area contributed by atoms with Crippen LogP contribution in [0.1, 0.15) is 15.9 Å². The zero-order chi connectivity index (χ0) is 17.1. The molecule has 1 aromatic carbocycles. The number of fused-ring (bicyclic) bond motifs is 1. The fraction of sp³-hybridized carbons (Fsp3) is 0.400. The van der Waals surface area contributed by atoms with Gasteiger partial charge in [-0.15, -0.1) is 0 Å². The highest BCUT2D eigenvalue weighted by atomic mass is 35.5. The molecule has 8 heteroatoms. The summed E-state index contributed by atoms with van der Waals surface area (Å²) in [7, 11) is 0. The summed E-state index contributed by atoms with van der Waals surface area (Å²) in [6, 6.07) is 2.79. The largest absolute Gasteiger partial charge is 0.483 e. The van der Waals surface area contributed by atoms with Gasteiger partial charge < -0.3 is 15.3 Å². The molecule has 2 heterocycles. The second-order valence-electron chi connectivity index (χ2n) is 5.48. The number of aryl methyl sites for hydroxylation is 1. The van der Waals surface area contributed by atoms with Crippen LogP contribution in [0.5, 0.6) is 0 Å². The first kappa shape index (κ1) is 17.2. The van der Waals surface area contributed by atoms with Gasteiger partial charge in [0.15, 0.2) is 0 Å². The highest BCUT2D eigenvalue weighted by Gasteiger charge is 2.44. The number of amides is 2. The van der Waals surface area contributed by atoms with Crippen LogP contribution in [0, 0.1) is 24.6 Å².